The van der Waals surface area contributed by atoms with Crippen molar-refractivity contribution in [2.45, 2.75) is 39.8 Å². The van der Waals surface area contributed by atoms with Crippen LogP contribution in [-0.2, 0) is 19.5 Å². The van der Waals surface area contributed by atoms with E-state index in [9.17, 15) is 4.79 Å². The van der Waals surface area contributed by atoms with Gasteiger partial charge in [-0.3, -0.25) is 14.7 Å². The van der Waals surface area contributed by atoms with E-state index < -0.39 is 0 Å². The van der Waals surface area contributed by atoms with Gasteiger partial charge in [0.1, 0.15) is 0 Å². The molecule has 0 fully saturated rings. The van der Waals surface area contributed by atoms with Crippen molar-refractivity contribution in [3.05, 3.63) is 70.8 Å². The maximum atomic E-state index is 12.3. The van der Waals surface area contributed by atoms with Gasteiger partial charge >= 0.3 is 0 Å². The van der Waals surface area contributed by atoms with Crippen molar-refractivity contribution in [2.75, 3.05) is 13.1 Å². The zero-order valence-electron chi connectivity index (χ0n) is 16.9. The molecule has 1 N–H and O–H groups in total. The van der Waals surface area contributed by atoms with Gasteiger partial charge in [-0.05, 0) is 48.6 Å². The summed E-state index contributed by atoms with van der Waals surface area (Å²) in [6, 6.07) is 10.4. The first-order valence-electron chi connectivity index (χ1n) is 10.1. The van der Waals surface area contributed by atoms with Gasteiger partial charge in [0.05, 0.1) is 11.4 Å². The fourth-order valence-corrected chi connectivity index (χ4v) is 3.82. The molecule has 0 bridgehead atoms. The summed E-state index contributed by atoms with van der Waals surface area (Å²) in [6.07, 6.45) is 5.55. The highest BCUT2D eigenvalue weighted by molar-refractivity contribution is 5.93. The molecular weight excluding hydrogens is 364 g/mol. The Morgan fingerprint density at radius 1 is 1.24 bits per heavy atom. The Morgan fingerprint density at radius 2 is 2.14 bits per heavy atom. The maximum absolute atomic E-state index is 12.3. The molecule has 0 unspecified atom stereocenters. The topological polar surface area (TPSA) is 75.9 Å². The minimum atomic E-state index is -0.164. The van der Waals surface area contributed by atoms with E-state index in [4.69, 9.17) is 0 Å². The van der Waals surface area contributed by atoms with Crippen LogP contribution in [-0.4, -0.2) is 43.9 Å². The van der Waals surface area contributed by atoms with Crippen molar-refractivity contribution >= 4 is 5.91 Å². The number of hydrogen-bond acceptors (Lipinski definition) is 5. The molecule has 7 heteroatoms. The van der Waals surface area contributed by atoms with E-state index in [-0.39, 0.29) is 5.91 Å². The summed E-state index contributed by atoms with van der Waals surface area (Å²) in [5.41, 5.74) is 5.98. The molecule has 1 amide bonds. The van der Waals surface area contributed by atoms with Crippen LogP contribution in [0.3, 0.4) is 0 Å². The Hall–Kier alpha value is -3.06. The van der Waals surface area contributed by atoms with Crippen molar-refractivity contribution in [1.29, 1.82) is 0 Å². The molecule has 2 aromatic heterocycles. The summed E-state index contributed by atoms with van der Waals surface area (Å²) in [5.74, 6) is -0.164. The number of aromatic nitrogens is 4. The number of amides is 1. The van der Waals surface area contributed by atoms with Crippen molar-refractivity contribution in [2.24, 2.45) is 0 Å². The number of nitrogens with one attached hydrogen (secondary N) is 1. The average Bonchev–Trinajstić information content (AvgIpc) is 3.13. The fourth-order valence-electron chi connectivity index (χ4n) is 3.82. The molecule has 7 nitrogen and oxygen atoms in total. The van der Waals surface area contributed by atoms with Crippen LogP contribution in [0, 0.1) is 6.92 Å². The Morgan fingerprint density at radius 3 is 2.93 bits per heavy atom. The van der Waals surface area contributed by atoms with E-state index in [2.05, 4.69) is 49.8 Å². The first kappa shape index (κ1) is 19.3. The van der Waals surface area contributed by atoms with E-state index >= 15 is 0 Å². The van der Waals surface area contributed by atoms with E-state index in [0.29, 0.717) is 12.2 Å². The Balaban J connectivity index is 1.57. The summed E-state index contributed by atoms with van der Waals surface area (Å²) in [5, 5.41) is 11.3. The molecule has 0 spiro atoms. The van der Waals surface area contributed by atoms with Gasteiger partial charge in [0, 0.05) is 38.6 Å². The zero-order valence-corrected chi connectivity index (χ0v) is 16.9. The van der Waals surface area contributed by atoms with Crippen LogP contribution >= 0.6 is 0 Å². The minimum Gasteiger partial charge on any atom is -0.351 e. The second kappa shape index (κ2) is 8.53. The Bertz CT molecular complexity index is 998. The second-order valence-corrected chi connectivity index (χ2v) is 7.43. The molecule has 4 rings (SSSR count). The van der Waals surface area contributed by atoms with Crippen LogP contribution < -0.4 is 5.32 Å². The first-order valence-corrected chi connectivity index (χ1v) is 10.1. The number of fused-ring (bicyclic) bond motifs is 1. The lowest BCUT2D eigenvalue weighted by Gasteiger charge is -2.30. The van der Waals surface area contributed by atoms with E-state index in [1.165, 1.54) is 16.7 Å². The SMILES string of the molecule is CCCNC(=O)c1nnn(-c2cccc3c2CCN(Cc2cccnc2)C3)c1C. The number of hydrogen-bond donors (Lipinski definition) is 1. The number of rotatable bonds is 6. The molecule has 3 aromatic rings. The van der Waals surface area contributed by atoms with Gasteiger partial charge in [-0.15, -0.1) is 5.10 Å². The highest BCUT2D eigenvalue weighted by Crippen LogP contribution is 2.27. The van der Waals surface area contributed by atoms with Gasteiger partial charge in [-0.2, -0.15) is 0 Å². The van der Waals surface area contributed by atoms with E-state index in [0.717, 1.165) is 43.9 Å². The third kappa shape index (κ3) is 4.05. The number of carbonyl (C=O) groups is 1. The number of pyridine rings is 1. The van der Waals surface area contributed by atoms with Gasteiger partial charge in [0.25, 0.3) is 5.91 Å². The third-order valence-corrected chi connectivity index (χ3v) is 5.32. The number of nitrogens with zero attached hydrogens (tertiary/aromatic N) is 5. The Kier molecular flexibility index (Phi) is 5.67. The standard InChI is InChI=1S/C22H26N6O/c1-3-10-24-22(29)21-16(2)28(26-25-21)20-8-4-7-18-15-27(12-9-19(18)20)14-17-6-5-11-23-13-17/h4-8,11,13H,3,9-10,12,14-15H2,1-2H3,(H,24,29). The molecule has 0 saturated heterocycles. The molecule has 3 heterocycles. The van der Waals surface area contributed by atoms with Gasteiger partial charge < -0.3 is 5.32 Å². The molecule has 1 aliphatic rings. The van der Waals surface area contributed by atoms with Crippen molar-refractivity contribution in [3.8, 4) is 5.69 Å². The number of benzene rings is 1. The van der Waals surface area contributed by atoms with E-state index in [1.807, 2.05) is 26.1 Å². The fraction of sp³-hybridized carbons (Fsp3) is 0.364. The maximum Gasteiger partial charge on any atom is 0.273 e. The third-order valence-electron chi connectivity index (χ3n) is 5.32. The largest absolute Gasteiger partial charge is 0.351 e. The lowest BCUT2D eigenvalue weighted by atomic mass is 9.97. The second-order valence-electron chi connectivity index (χ2n) is 7.43. The summed E-state index contributed by atoms with van der Waals surface area (Å²) in [4.78, 5) is 19.0. The highest BCUT2D eigenvalue weighted by Gasteiger charge is 2.23. The quantitative estimate of drug-likeness (QED) is 0.700. The van der Waals surface area contributed by atoms with Crippen molar-refractivity contribution < 1.29 is 4.79 Å². The number of carbonyl (C=O) groups excluding carboxylic acids is 1. The van der Waals surface area contributed by atoms with Crippen molar-refractivity contribution in [3.63, 3.8) is 0 Å². The van der Waals surface area contributed by atoms with Gasteiger partial charge in [-0.1, -0.05) is 30.3 Å². The van der Waals surface area contributed by atoms with Crippen LogP contribution in [0.25, 0.3) is 5.69 Å². The first-order chi connectivity index (χ1) is 14.2. The zero-order chi connectivity index (χ0) is 20.2. The van der Waals surface area contributed by atoms with Crippen LogP contribution in [0.5, 0.6) is 0 Å². The normalized spacial score (nSPS) is 13.9. The monoisotopic (exact) mass is 390 g/mol. The molecule has 150 valence electrons. The van der Waals surface area contributed by atoms with Crippen LogP contribution in [0.4, 0.5) is 0 Å². The highest BCUT2D eigenvalue weighted by atomic mass is 16.2. The van der Waals surface area contributed by atoms with Crippen molar-refractivity contribution in [1.82, 2.24) is 30.2 Å². The predicted molar refractivity (Wildman–Crippen MR) is 111 cm³/mol. The van der Waals surface area contributed by atoms with Crippen LogP contribution in [0.2, 0.25) is 0 Å². The predicted octanol–water partition coefficient (Wildman–Crippen LogP) is 2.67. The van der Waals surface area contributed by atoms with Crippen LogP contribution in [0.1, 0.15) is 46.2 Å². The molecule has 0 saturated carbocycles. The lowest BCUT2D eigenvalue weighted by Crippen LogP contribution is -2.31. The molecule has 1 aliphatic heterocycles. The summed E-state index contributed by atoms with van der Waals surface area (Å²) in [6.45, 7) is 7.31. The molecular formula is C22H26N6O. The molecule has 0 radical (unpaired) electrons. The van der Waals surface area contributed by atoms with Crippen LogP contribution in [0.15, 0.2) is 42.7 Å². The van der Waals surface area contributed by atoms with Gasteiger partial charge in [0.2, 0.25) is 0 Å². The van der Waals surface area contributed by atoms with Gasteiger partial charge in [0.15, 0.2) is 5.69 Å². The Labute approximate surface area is 170 Å². The van der Waals surface area contributed by atoms with Gasteiger partial charge in [-0.25, -0.2) is 4.68 Å². The lowest BCUT2D eigenvalue weighted by molar-refractivity contribution is 0.0948. The summed E-state index contributed by atoms with van der Waals surface area (Å²) < 4.78 is 1.80. The molecule has 29 heavy (non-hydrogen) atoms. The summed E-state index contributed by atoms with van der Waals surface area (Å²) >= 11 is 0. The minimum absolute atomic E-state index is 0.164. The summed E-state index contributed by atoms with van der Waals surface area (Å²) in [7, 11) is 0. The van der Waals surface area contributed by atoms with E-state index in [1.54, 1.807) is 10.9 Å². The molecule has 0 aliphatic carbocycles. The average molecular weight is 390 g/mol. The molecule has 1 aromatic carbocycles. The smallest absolute Gasteiger partial charge is 0.273 e. The molecule has 0 atom stereocenters.